The highest BCUT2D eigenvalue weighted by Gasteiger charge is 2.49. The molecule has 2 atom stereocenters. The van der Waals surface area contributed by atoms with Crippen molar-refractivity contribution in [3.8, 4) is 5.88 Å². The molecular weight excluding hydrogens is 409 g/mol. The number of carbonyl (C=O) groups excluding carboxylic acids is 1. The molecule has 3 heterocycles. The van der Waals surface area contributed by atoms with Gasteiger partial charge in [-0.1, -0.05) is 6.07 Å². The number of alkyl halides is 3. The van der Waals surface area contributed by atoms with Crippen LogP contribution in [-0.2, 0) is 29.6 Å². The number of rotatable bonds is 4. The van der Waals surface area contributed by atoms with Gasteiger partial charge in [0, 0.05) is 24.6 Å². The molecule has 0 radical (unpaired) electrons. The molecule has 2 aromatic rings. The number of ether oxygens (including phenoxy) is 1. The fourth-order valence-corrected chi connectivity index (χ4v) is 4.12. The Kier molecular flexibility index (Phi) is 5.47. The lowest BCUT2D eigenvalue weighted by Crippen LogP contribution is -2.38. The van der Waals surface area contributed by atoms with E-state index in [1.54, 1.807) is 12.3 Å². The maximum Gasteiger partial charge on any atom is 0.399 e. The van der Waals surface area contributed by atoms with Gasteiger partial charge < -0.3 is 10.1 Å². The zero-order chi connectivity index (χ0) is 22.4. The van der Waals surface area contributed by atoms with E-state index in [-0.39, 0.29) is 23.6 Å². The van der Waals surface area contributed by atoms with Crippen LogP contribution in [0.5, 0.6) is 5.88 Å². The molecule has 0 saturated carbocycles. The van der Waals surface area contributed by atoms with Gasteiger partial charge in [-0.2, -0.15) is 18.3 Å². The Morgan fingerprint density at radius 3 is 2.84 bits per heavy atom. The van der Waals surface area contributed by atoms with Crippen LogP contribution in [0.25, 0.3) is 0 Å². The van der Waals surface area contributed by atoms with Crippen molar-refractivity contribution in [1.82, 2.24) is 20.1 Å². The molecule has 1 aliphatic carbocycles. The SMILES string of the molecule is C[C@@H](NC(=O)[C@H]1CCc2nc(C(C)(C)C(F)(F)F)ccc2C1)c1cnn2c1OCCC2. The zero-order valence-corrected chi connectivity index (χ0v) is 17.9. The second-order valence-electron chi connectivity index (χ2n) is 8.93. The highest BCUT2D eigenvalue weighted by molar-refractivity contribution is 5.79. The number of nitrogens with zero attached hydrogens (tertiary/aromatic N) is 3. The number of fused-ring (bicyclic) bond motifs is 2. The van der Waals surface area contributed by atoms with E-state index in [0.717, 1.165) is 37.9 Å². The number of aryl methyl sites for hydroxylation is 2. The average molecular weight is 436 g/mol. The molecule has 0 bridgehead atoms. The van der Waals surface area contributed by atoms with E-state index in [0.29, 0.717) is 37.4 Å². The van der Waals surface area contributed by atoms with Crippen molar-refractivity contribution in [2.45, 2.75) is 70.6 Å². The van der Waals surface area contributed by atoms with Gasteiger partial charge in [-0.05, 0) is 51.7 Å². The summed E-state index contributed by atoms with van der Waals surface area (Å²) in [7, 11) is 0. The number of hydrogen-bond acceptors (Lipinski definition) is 4. The fraction of sp³-hybridized carbons (Fsp3) is 0.591. The highest BCUT2D eigenvalue weighted by Crippen LogP contribution is 2.40. The standard InChI is InChI=1S/C22H27F3N4O2/c1-13(16-12-26-29-9-4-10-31-20(16)29)27-19(30)15-5-7-17-14(11-15)6-8-18(28-17)21(2,3)22(23,24)25/h6,8,12-13,15H,4-5,7,9-11H2,1-3H3,(H,27,30)/t13-,15+/m1/s1. The molecule has 1 amide bonds. The molecular formula is C22H27F3N4O2. The minimum Gasteiger partial charge on any atom is -0.478 e. The lowest BCUT2D eigenvalue weighted by Gasteiger charge is -2.30. The molecule has 0 fully saturated rings. The predicted octanol–water partition coefficient (Wildman–Crippen LogP) is 3.88. The van der Waals surface area contributed by atoms with E-state index >= 15 is 0 Å². The zero-order valence-electron chi connectivity index (χ0n) is 17.9. The van der Waals surface area contributed by atoms with E-state index in [2.05, 4.69) is 15.4 Å². The van der Waals surface area contributed by atoms with Gasteiger partial charge in [0.1, 0.15) is 5.41 Å². The number of aromatic nitrogens is 3. The van der Waals surface area contributed by atoms with Crippen LogP contribution in [-0.4, -0.2) is 33.5 Å². The number of amides is 1. The first-order valence-corrected chi connectivity index (χ1v) is 10.6. The molecule has 2 aromatic heterocycles. The third-order valence-electron chi connectivity index (χ3n) is 6.38. The maximum absolute atomic E-state index is 13.4. The van der Waals surface area contributed by atoms with Crippen LogP contribution in [0.4, 0.5) is 13.2 Å². The topological polar surface area (TPSA) is 69.0 Å². The largest absolute Gasteiger partial charge is 0.478 e. The van der Waals surface area contributed by atoms with Crippen molar-refractivity contribution in [1.29, 1.82) is 0 Å². The molecule has 0 aromatic carbocycles. The first-order valence-electron chi connectivity index (χ1n) is 10.6. The molecule has 0 spiro atoms. The Morgan fingerprint density at radius 2 is 2.10 bits per heavy atom. The second-order valence-corrected chi connectivity index (χ2v) is 8.93. The van der Waals surface area contributed by atoms with Gasteiger partial charge in [-0.3, -0.25) is 9.78 Å². The smallest absolute Gasteiger partial charge is 0.399 e. The molecule has 0 unspecified atom stereocenters. The Hall–Kier alpha value is -2.58. The predicted molar refractivity (Wildman–Crippen MR) is 108 cm³/mol. The molecule has 1 aliphatic heterocycles. The molecule has 1 N–H and O–H groups in total. The van der Waals surface area contributed by atoms with Crippen LogP contribution in [0.2, 0.25) is 0 Å². The minimum absolute atomic E-state index is 0.0151. The number of halogens is 3. The van der Waals surface area contributed by atoms with Crippen LogP contribution in [0.1, 0.15) is 62.2 Å². The van der Waals surface area contributed by atoms with E-state index in [9.17, 15) is 18.0 Å². The number of carbonyl (C=O) groups is 1. The summed E-state index contributed by atoms with van der Waals surface area (Å²) >= 11 is 0. The first-order chi connectivity index (χ1) is 14.6. The van der Waals surface area contributed by atoms with Gasteiger partial charge >= 0.3 is 6.18 Å². The Labute approximate surface area is 179 Å². The maximum atomic E-state index is 13.4. The molecule has 4 rings (SSSR count). The van der Waals surface area contributed by atoms with Gasteiger partial charge in [-0.15, -0.1) is 0 Å². The third kappa shape index (κ3) is 4.02. The van der Waals surface area contributed by atoms with E-state index in [1.807, 2.05) is 11.6 Å². The van der Waals surface area contributed by atoms with Crippen LogP contribution < -0.4 is 10.1 Å². The first kappa shape index (κ1) is 21.6. The normalized spacial score (nSPS) is 19.7. The quantitative estimate of drug-likeness (QED) is 0.790. The average Bonchev–Trinajstić information content (AvgIpc) is 3.16. The highest BCUT2D eigenvalue weighted by atomic mass is 19.4. The number of hydrogen-bond donors (Lipinski definition) is 1. The Balaban J connectivity index is 1.44. The molecule has 9 heteroatoms. The van der Waals surface area contributed by atoms with Gasteiger partial charge in [-0.25, -0.2) is 4.68 Å². The van der Waals surface area contributed by atoms with E-state index < -0.39 is 11.6 Å². The molecule has 2 aliphatic rings. The van der Waals surface area contributed by atoms with Crippen molar-refractivity contribution < 1.29 is 22.7 Å². The Bertz CT molecular complexity index is 984. The van der Waals surface area contributed by atoms with E-state index in [1.165, 1.54) is 6.07 Å². The fourth-order valence-electron chi connectivity index (χ4n) is 4.12. The lowest BCUT2D eigenvalue weighted by atomic mass is 9.83. The van der Waals surface area contributed by atoms with E-state index in [4.69, 9.17) is 4.74 Å². The van der Waals surface area contributed by atoms with Gasteiger partial charge in [0.05, 0.1) is 30.1 Å². The van der Waals surface area contributed by atoms with Crippen molar-refractivity contribution in [3.63, 3.8) is 0 Å². The molecule has 6 nitrogen and oxygen atoms in total. The lowest BCUT2D eigenvalue weighted by molar-refractivity contribution is -0.181. The minimum atomic E-state index is -4.38. The number of nitrogens with one attached hydrogen (secondary N) is 1. The summed E-state index contributed by atoms with van der Waals surface area (Å²) in [4.78, 5) is 17.2. The summed E-state index contributed by atoms with van der Waals surface area (Å²) in [6.07, 6.45) is -0.233. The molecule has 0 saturated heterocycles. The van der Waals surface area contributed by atoms with Crippen molar-refractivity contribution in [2.24, 2.45) is 5.92 Å². The summed E-state index contributed by atoms with van der Waals surface area (Å²) < 4.78 is 47.6. The van der Waals surface area contributed by atoms with Crippen molar-refractivity contribution in [2.75, 3.05) is 6.61 Å². The van der Waals surface area contributed by atoms with Crippen molar-refractivity contribution in [3.05, 3.63) is 40.8 Å². The van der Waals surface area contributed by atoms with Crippen LogP contribution in [0.15, 0.2) is 18.3 Å². The summed E-state index contributed by atoms with van der Waals surface area (Å²) in [5.41, 5.74) is 0.350. The summed E-state index contributed by atoms with van der Waals surface area (Å²) in [6, 6.07) is 2.88. The van der Waals surface area contributed by atoms with Crippen LogP contribution in [0.3, 0.4) is 0 Å². The monoisotopic (exact) mass is 436 g/mol. The summed E-state index contributed by atoms with van der Waals surface area (Å²) in [6.45, 7) is 5.62. The van der Waals surface area contributed by atoms with Gasteiger partial charge in [0.2, 0.25) is 11.8 Å². The van der Waals surface area contributed by atoms with Gasteiger partial charge in [0.15, 0.2) is 0 Å². The molecule has 168 valence electrons. The van der Waals surface area contributed by atoms with Gasteiger partial charge in [0.25, 0.3) is 0 Å². The summed E-state index contributed by atoms with van der Waals surface area (Å²) in [5, 5.41) is 7.37. The summed E-state index contributed by atoms with van der Waals surface area (Å²) in [5.74, 6) is 0.385. The van der Waals surface area contributed by atoms with Crippen LogP contribution in [0, 0.1) is 5.92 Å². The molecule has 31 heavy (non-hydrogen) atoms. The van der Waals surface area contributed by atoms with Crippen LogP contribution >= 0.6 is 0 Å². The van der Waals surface area contributed by atoms with Crippen molar-refractivity contribution >= 4 is 5.91 Å². The Morgan fingerprint density at radius 1 is 1.32 bits per heavy atom. The third-order valence-corrected chi connectivity index (χ3v) is 6.38. The number of pyridine rings is 1. The second kappa shape index (κ2) is 7.84.